The van der Waals surface area contributed by atoms with Crippen LogP contribution in [0.1, 0.15) is 31.7 Å². The van der Waals surface area contributed by atoms with Gasteiger partial charge < -0.3 is 10.6 Å². The van der Waals surface area contributed by atoms with Crippen LogP contribution in [-0.4, -0.2) is 28.9 Å². The summed E-state index contributed by atoms with van der Waals surface area (Å²) in [5.74, 6) is 1.01. The maximum Gasteiger partial charge on any atom is 0.225 e. The normalized spacial score (nSPS) is 16.1. The number of carbonyl (C=O) groups is 1. The number of hydrogen-bond acceptors (Lipinski definition) is 3. The van der Waals surface area contributed by atoms with Crippen molar-refractivity contribution in [3.8, 4) is 0 Å². The van der Waals surface area contributed by atoms with Gasteiger partial charge in [-0.2, -0.15) is 0 Å². The molecule has 0 aliphatic heterocycles. The summed E-state index contributed by atoms with van der Waals surface area (Å²) in [5, 5.41) is 0. The van der Waals surface area contributed by atoms with Crippen LogP contribution >= 0.6 is 0 Å². The Kier molecular flexibility index (Phi) is 4.91. The van der Waals surface area contributed by atoms with E-state index in [-0.39, 0.29) is 11.8 Å². The number of aromatic nitrogens is 1. The first kappa shape index (κ1) is 14.0. The van der Waals surface area contributed by atoms with E-state index in [9.17, 15) is 4.79 Å². The predicted octanol–water partition coefficient (Wildman–Crippen LogP) is 1.81. The van der Waals surface area contributed by atoms with Crippen molar-refractivity contribution in [1.29, 1.82) is 0 Å². The van der Waals surface area contributed by atoms with Crippen LogP contribution in [0.15, 0.2) is 24.5 Å². The van der Waals surface area contributed by atoms with Crippen molar-refractivity contribution in [3.63, 3.8) is 0 Å². The molecule has 2 N–H and O–H groups in total. The van der Waals surface area contributed by atoms with Gasteiger partial charge in [0.05, 0.1) is 0 Å². The lowest BCUT2D eigenvalue weighted by Gasteiger charge is -2.25. The average molecular weight is 261 g/mol. The number of amides is 1. The minimum absolute atomic E-state index is 0.148. The Hall–Kier alpha value is -1.42. The van der Waals surface area contributed by atoms with Crippen molar-refractivity contribution in [3.05, 3.63) is 30.1 Å². The first-order valence-corrected chi connectivity index (χ1v) is 7.10. The summed E-state index contributed by atoms with van der Waals surface area (Å²) in [5.41, 5.74) is 6.65. The molecule has 1 amide bonds. The van der Waals surface area contributed by atoms with Crippen LogP contribution in [0.2, 0.25) is 0 Å². The van der Waals surface area contributed by atoms with Crippen LogP contribution in [-0.2, 0) is 11.3 Å². The smallest absolute Gasteiger partial charge is 0.225 e. The zero-order valence-corrected chi connectivity index (χ0v) is 11.6. The maximum atomic E-state index is 12.5. The van der Waals surface area contributed by atoms with Crippen molar-refractivity contribution in [1.82, 2.24) is 9.88 Å². The Morgan fingerprint density at radius 2 is 2.37 bits per heavy atom. The molecule has 1 aromatic heterocycles. The van der Waals surface area contributed by atoms with E-state index in [2.05, 4.69) is 11.9 Å². The molecule has 4 heteroatoms. The fraction of sp³-hybridized carbons (Fsp3) is 0.600. The van der Waals surface area contributed by atoms with Gasteiger partial charge in [0.15, 0.2) is 0 Å². The lowest BCUT2D eigenvalue weighted by molar-refractivity contribution is -0.136. The summed E-state index contributed by atoms with van der Waals surface area (Å²) in [6, 6.07) is 3.92. The summed E-state index contributed by atoms with van der Waals surface area (Å²) in [6.45, 7) is 4.05. The molecular weight excluding hydrogens is 238 g/mol. The molecule has 4 nitrogen and oxygen atoms in total. The van der Waals surface area contributed by atoms with Gasteiger partial charge >= 0.3 is 0 Å². The third-order valence-electron chi connectivity index (χ3n) is 3.76. The van der Waals surface area contributed by atoms with Gasteiger partial charge in [-0.15, -0.1) is 0 Å². The molecule has 1 fully saturated rings. The third kappa shape index (κ3) is 4.03. The second kappa shape index (κ2) is 6.66. The fourth-order valence-electron chi connectivity index (χ4n) is 2.35. The predicted molar refractivity (Wildman–Crippen MR) is 75.2 cm³/mol. The van der Waals surface area contributed by atoms with Crippen LogP contribution in [0.5, 0.6) is 0 Å². The first-order chi connectivity index (χ1) is 9.22. The van der Waals surface area contributed by atoms with Crippen LogP contribution in [0.4, 0.5) is 0 Å². The van der Waals surface area contributed by atoms with Gasteiger partial charge in [0.2, 0.25) is 5.91 Å². The Labute approximate surface area is 115 Å². The third-order valence-corrected chi connectivity index (χ3v) is 3.76. The summed E-state index contributed by atoms with van der Waals surface area (Å²) >= 11 is 0. The number of carbonyl (C=O) groups excluding carboxylic acids is 1. The zero-order chi connectivity index (χ0) is 13.7. The number of hydrogen-bond donors (Lipinski definition) is 1. The molecule has 1 heterocycles. The molecule has 1 aliphatic rings. The van der Waals surface area contributed by atoms with E-state index in [0.29, 0.717) is 19.0 Å². The molecule has 104 valence electrons. The van der Waals surface area contributed by atoms with Crippen molar-refractivity contribution in [2.45, 2.75) is 32.7 Å². The van der Waals surface area contributed by atoms with Gasteiger partial charge in [-0.3, -0.25) is 9.78 Å². The second-order valence-corrected chi connectivity index (χ2v) is 5.39. The molecule has 1 aliphatic carbocycles. The van der Waals surface area contributed by atoms with Crippen molar-refractivity contribution in [2.24, 2.45) is 17.6 Å². The van der Waals surface area contributed by atoms with Gasteiger partial charge in [-0.1, -0.05) is 13.0 Å². The van der Waals surface area contributed by atoms with E-state index in [4.69, 9.17) is 5.73 Å². The molecule has 0 radical (unpaired) electrons. The molecule has 0 saturated heterocycles. The Bertz CT molecular complexity index is 403. The molecule has 2 rings (SSSR count). The van der Waals surface area contributed by atoms with E-state index in [1.807, 2.05) is 23.2 Å². The number of pyridine rings is 1. The lowest BCUT2D eigenvalue weighted by Crippen LogP contribution is -2.37. The highest BCUT2D eigenvalue weighted by atomic mass is 16.2. The number of rotatable bonds is 7. The highest BCUT2D eigenvalue weighted by Gasteiger charge is 2.34. The van der Waals surface area contributed by atoms with Crippen molar-refractivity contribution in [2.75, 3.05) is 13.1 Å². The summed E-state index contributed by atoms with van der Waals surface area (Å²) in [6.07, 6.45) is 6.82. The van der Waals surface area contributed by atoms with E-state index >= 15 is 0 Å². The number of nitrogens with zero attached hydrogens (tertiary/aromatic N) is 2. The highest BCUT2D eigenvalue weighted by molar-refractivity contribution is 5.79. The van der Waals surface area contributed by atoms with Gasteiger partial charge in [-0.05, 0) is 43.4 Å². The van der Waals surface area contributed by atoms with E-state index in [0.717, 1.165) is 18.5 Å². The van der Waals surface area contributed by atoms with Crippen molar-refractivity contribution >= 4 is 5.91 Å². The fourth-order valence-corrected chi connectivity index (χ4v) is 2.35. The monoisotopic (exact) mass is 261 g/mol. The van der Waals surface area contributed by atoms with Crippen LogP contribution in [0.25, 0.3) is 0 Å². The van der Waals surface area contributed by atoms with E-state index < -0.39 is 0 Å². The molecule has 0 aromatic carbocycles. The molecule has 19 heavy (non-hydrogen) atoms. The van der Waals surface area contributed by atoms with Crippen molar-refractivity contribution < 1.29 is 4.79 Å². The summed E-state index contributed by atoms with van der Waals surface area (Å²) in [4.78, 5) is 18.5. The minimum atomic E-state index is 0.148. The molecule has 1 saturated carbocycles. The summed E-state index contributed by atoms with van der Waals surface area (Å²) < 4.78 is 0. The molecule has 1 aromatic rings. The molecule has 1 atom stereocenters. The Morgan fingerprint density at radius 1 is 1.58 bits per heavy atom. The SMILES string of the molecule is CC(C(=O)N(CCCN)Cc1cccnc1)C1CC1. The quantitative estimate of drug-likeness (QED) is 0.814. The van der Waals surface area contributed by atoms with Crippen LogP contribution in [0.3, 0.4) is 0 Å². The lowest BCUT2D eigenvalue weighted by atomic mass is 10.0. The zero-order valence-electron chi connectivity index (χ0n) is 11.6. The topological polar surface area (TPSA) is 59.2 Å². The number of nitrogens with two attached hydrogens (primary N) is 1. The standard InChI is InChI=1S/C15H23N3O/c1-12(14-5-6-14)15(19)18(9-3-7-16)11-13-4-2-8-17-10-13/h2,4,8,10,12,14H,3,5-7,9,11,16H2,1H3. The molecule has 1 unspecified atom stereocenters. The van der Waals surface area contributed by atoms with Crippen LogP contribution < -0.4 is 5.73 Å². The highest BCUT2D eigenvalue weighted by Crippen LogP contribution is 2.37. The molecule has 0 spiro atoms. The van der Waals surface area contributed by atoms with Gasteiger partial charge in [0, 0.05) is 31.4 Å². The first-order valence-electron chi connectivity index (χ1n) is 7.10. The Morgan fingerprint density at radius 3 is 2.95 bits per heavy atom. The van der Waals surface area contributed by atoms with E-state index in [1.165, 1.54) is 12.8 Å². The minimum Gasteiger partial charge on any atom is -0.338 e. The molecule has 0 bridgehead atoms. The Balaban J connectivity index is 1.99. The maximum absolute atomic E-state index is 12.5. The molecular formula is C15H23N3O. The van der Waals surface area contributed by atoms with E-state index in [1.54, 1.807) is 6.20 Å². The van der Waals surface area contributed by atoms with Crippen LogP contribution in [0, 0.1) is 11.8 Å². The van der Waals surface area contributed by atoms with Gasteiger partial charge in [-0.25, -0.2) is 0 Å². The van der Waals surface area contributed by atoms with Gasteiger partial charge in [0.25, 0.3) is 0 Å². The summed E-state index contributed by atoms with van der Waals surface area (Å²) in [7, 11) is 0. The average Bonchev–Trinajstić information content (AvgIpc) is 3.27. The second-order valence-electron chi connectivity index (χ2n) is 5.39. The largest absolute Gasteiger partial charge is 0.338 e. The van der Waals surface area contributed by atoms with Gasteiger partial charge in [0.1, 0.15) is 0 Å².